The van der Waals surface area contributed by atoms with Crippen LogP contribution in [-0.4, -0.2) is 13.7 Å². The molecule has 0 amide bonds. The predicted octanol–water partition coefficient (Wildman–Crippen LogP) is 4.96. The van der Waals surface area contributed by atoms with Crippen molar-refractivity contribution in [1.29, 1.82) is 0 Å². The molecule has 4 nitrogen and oxygen atoms in total. The van der Waals surface area contributed by atoms with Crippen molar-refractivity contribution in [1.82, 2.24) is 5.32 Å². The highest BCUT2D eigenvalue weighted by molar-refractivity contribution is 5.47. The van der Waals surface area contributed by atoms with Crippen molar-refractivity contribution in [2.75, 3.05) is 13.7 Å². The first kappa shape index (κ1) is 19.8. The van der Waals surface area contributed by atoms with Gasteiger partial charge in [0, 0.05) is 18.7 Å². The Bertz CT molecular complexity index is 847. The van der Waals surface area contributed by atoms with Crippen molar-refractivity contribution in [3.63, 3.8) is 0 Å². The van der Waals surface area contributed by atoms with E-state index in [1.54, 1.807) is 7.11 Å². The fraction of sp³-hybridized carbons (Fsp3) is 0.250. The molecule has 0 saturated carbocycles. The number of hydrogen-bond acceptors (Lipinski definition) is 4. The summed E-state index contributed by atoms with van der Waals surface area (Å²) in [6.07, 6.45) is 0. The Labute approximate surface area is 167 Å². The number of para-hydroxylation sites is 1. The van der Waals surface area contributed by atoms with E-state index in [2.05, 4.69) is 35.6 Å². The average Bonchev–Trinajstić information content (AvgIpc) is 2.74. The molecule has 0 atom stereocenters. The molecule has 146 valence electrons. The Kier molecular flexibility index (Phi) is 7.33. The van der Waals surface area contributed by atoms with Gasteiger partial charge in [-0.25, -0.2) is 0 Å². The molecule has 0 radical (unpaired) electrons. The van der Waals surface area contributed by atoms with E-state index in [4.69, 9.17) is 14.2 Å². The SMILES string of the molecule is CCOc1cccc(CNCc2ccc(OC)cc2)c1OCc1ccccc1. The molecule has 0 aliphatic heterocycles. The molecule has 0 aliphatic carbocycles. The lowest BCUT2D eigenvalue weighted by Gasteiger charge is -2.16. The van der Waals surface area contributed by atoms with Crippen molar-refractivity contribution in [3.8, 4) is 17.2 Å². The van der Waals surface area contributed by atoms with Crippen LogP contribution < -0.4 is 19.5 Å². The van der Waals surface area contributed by atoms with Crippen LogP contribution in [0.15, 0.2) is 72.8 Å². The van der Waals surface area contributed by atoms with Crippen molar-refractivity contribution in [3.05, 3.63) is 89.5 Å². The van der Waals surface area contributed by atoms with Crippen LogP contribution in [0.1, 0.15) is 23.6 Å². The van der Waals surface area contributed by atoms with Gasteiger partial charge < -0.3 is 19.5 Å². The summed E-state index contributed by atoms with van der Waals surface area (Å²) >= 11 is 0. The molecule has 3 rings (SSSR count). The molecule has 1 N–H and O–H groups in total. The summed E-state index contributed by atoms with van der Waals surface area (Å²) in [5.41, 5.74) is 3.41. The smallest absolute Gasteiger partial charge is 0.166 e. The highest BCUT2D eigenvalue weighted by atomic mass is 16.5. The first-order valence-corrected chi connectivity index (χ1v) is 9.55. The summed E-state index contributed by atoms with van der Waals surface area (Å²) in [5.74, 6) is 2.45. The Morgan fingerprint density at radius 2 is 1.54 bits per heavy atom. The van der Waals surface area contributed by atoms with Crippen LogP contribution in [0.5, 0.6) is 17.2 Å². The molecule has 0 spiro atoms. The zero-order valence-electron chi connectivity index (χ0n) is 16.5. The first-order chi connectivity index (χ1) is 13.8. The fourth-order valence-electron chi connectivity index (χ4n) is 2.95. The average molecular weight is 377 g/mol. The molecule has 4 heteroatoms. The van der Waals surface area contributed by atoms with Crippen LogP contribution in [0.4, 0.5) is 0 Å². The van der Waals surface area contributed by atoms with Crippen LogP contribution in [0.3, 0.4) is 0 Å². The highest BCUT2D eigenvalue weighted by Gasteiger charge is 2.11. The van der Waals surface area contributed by atoms with Crippen molar-refractivity contribution < 1.29 is 14.2 Å². The second-order valence-electron chi connectivity index (χ2n) is 6.40. The van der Waals surface area contributed by atoms with Gasteiger partial charge in [0.2, 0.25) is 0 Å². The summed E-state index contributed by atoms with van der Waals surface area (Å²) in [5, 5.41) is 3.49. The molecule has 0 aromatic heterocycles. The van der Waals surface area contributed by atoms with Gasteiger partial charge in [0.1, 0.15) is 12.4 Å². The minimum absolute atomic E-state index is 0.510. The quantitative estimate of drug-likeness (QED) is 0.542. The second kappa shape index (κ2) is 10.4. The molecule has 3 aromatic rings. The lowest BCUT2D eigenvalue weighted by atomic mass is 10.1. The maximum atomic E-state index is 6.16. The summed E-state index contributed by atoms with van der Waals surface area (Å²) in [4.78, 5) is 0. The standard InChI is InChI=1S/C24H27NO3/c1-3-27-23-11-7-10-21(24(23)28-18-20-8-5-4-6-9-20)17-25-16-19-12-14-22(26-2)15-13-19/h4-15,25H,3,16-18H2,1-2H3. The van der Waals surface area contributed by atoms with Crippen LogP contribution in [0.2, 0.25) is 0 Å². The maximum absolute atomic E-state index is 6.16. The summed E-state index contributed by atoms with van der Waals surface area (Å²) < 4.78 is 17.2. The molecule has 0 bridgehead atoms. The molecule has 0 saturated heterocycles. The molecule has 0 unspecified atom stereocenters. The minimum atomic E-state index is 0.510. The molecular formula is C24H27NO3. The van der Waals surface area contributed by atoms with Crippen molar-refractivity contribution >= 4 is 0 Å². The maximum Gasteiger partial charge on any atom is 0.166 e. The minimum Gasteiger partial charge on any atom is -0.497 e. The van der Waals surface area contributed by atoms with Gasteiger partial charge in [-0.3, -0.25) is 0 Å². The van der Waals surface area contributed by atoms with Gasteiger partial charge in [0.15, 0.2) is 11.5 Å². The van der Waals surface area contributed by atoms with Gasteiger partial charge in [0.05, 0.1) is 13.7 Å². The Balaban J connectivity index is 1.67. The molecular weight excluding hydrogens is 350 g/mol. The van der Waals surface area contributed by atoms with E-state index in [-0.39, 0.29) is 0 Å². The molecule has 3 aromatic carbocycles. The number of rotatable bonds is 10. The third-order valence-corrected chi connectivity index (χ3v) is 4.39. The summed E-state index contributed by atoms with van der Waals surface area (Å²) in [6, 6.07) is 24.3. The van der Waals surface area contributed by atoms with Crippen molar-refractivity contribution in [2.24, 2.45) is 0 Å². The first-order valence-electron chi connectivity index (χ1n) is 9.55. The lowest BCUT2D eigenvalue weighted by molar-refractivity contribution is 0.266. The van der Waals surface area contributed by atoms with E-state index in [0.29, 0.717) is 19.8 Å². The number of nitrogens with one attached hydrogen (secondary N) is 1. The van der Waals surface area contributed by atoms with Crippen LogP contribution in [0, 0.1) is 0 Å². The molecule has 0 fully saturated rings. The normalized spacial score (nSPS) is 10.5. The monoisotopic (exact) mass is 377 g/mol. The van der Waals surface area contributed by atoms with Crippen LogP contribution >= 0.6 is 0 Å². The van der Waals surface area contributed by atoms with Crippen LogP contribution in [-0.2, 0) is 19.7 Å². The zero-order valence-corrected chi connectivity index (χ0v) is 16.5. The van der Waals surface area contributed by atoms with Gasteiger partial charge >= 0.3 is 0 Å². The highest BCUT2D eigenvalue weighted by Crippen LogP contribution is 2.32. The number of benzene rings is 3. The third-order valence-electron chi connectivity index (χ3n) is 4.39. The molecule has 28 heavy (non-hydrogen) atoms. The third kappa shape index (κ3) is 5.51. The Morgan fingerprint density at radius 1 is 0.750 bits per heavy atom. The van der Waals surface area contributed by atoms with Gasteiger partial charge in [-0.15, -0.1) is 0 Å². The largest absolute Gasteiger partial charge is 0.497 e. The van der Waals surface area contributed by atoms with Gasteiger partial charge in [0.25, 0.3) is 0 Å². The molecule has 0 aliphatic rings. The van der Waals surface area contributed by atoms with E-state index >= 15 is 0 Å². The van der Waals surface area contributed by atoms with E-state index in [1.165, 1.54) is 5.56 Å². The Morgan fingerprint density at radius 3 is 2.25 bits per heavy atom. The second-order valence-corrected chi connectivity index (χ2v) is 6.40. The fourth-order valence-corrected chi connectivity index (χ4v) is 2.95. The van der Waals surface area contributed by atoms with E-state index in [1.807, 2.05) is 49.4 Å². The summed E-state index contributed by atoms with van der Waals surface area (Å²) in [7, 11) is 1.68. The Hall–Kier alpha value is -2.98. The van der Waals surface area contributed by atoms with Crippen molar-refractivity contribution in [2.45, 2.75) is 26.6 Å². The van der Waals surface area contributed by atoms with Gasteiger partial charge in [-0.1, -0.05) is 54.6 Å². The lowest BCUT2D eigenvalue weighted by Crippen LogP contribution is -2.14. The zero-order chi connectivity index (χ0) is 19.6. The predicted molar refractivity (Wildman–Crippen MR) is 112 cm³/mol. The number of ether oxygens (including phenoxy) is 3. The van der Waals surface area contributed by atoms with E-state index in [0.717, 1.165) is 34.9 Å². The van der Waals surface area contributed by atoms with Crippen LogP contribution in [0.25, 0.3) is 0 Å². The molecule has 0 heterocycles. The number of methoxy groups -OCH3 is 1. The van der Waals surface area contributed by atoms with E-state index < -0.39 is 0 Å². The van der Waals surface area contributed by atoms with Gasteiger partial charge in [-0.05, 0) is 36.2 Å². The van der Waals surface area contributed by atoms with Gasteiger partial charge in [-0.2, -0.15) is 0 Å². The topological polar surface area (TPSA) is 39.7 Å². The van der Waals surface area contributed by atoms with E-state index in [9.17, 15) is 0 Å². The summed E-state index contributed by atoms with van der Waals surface area (Å²) in [6.45, 7) is 4.55. The number of hydrogen-bond donors (Lipinski definition) is 1.